The van der Waals surface area contributed by atoms with Gasteiger partial charge in [0.2, 0.25) is 10.0 Å². The fraction of sp³-hybridized carbons (Fsp3) is 0.609. The van der Waals surface area contributed by atoms with E-state index in [0.717, 1.165) is 34.3 Å². The predicted molar refractivity (Wildman–Crippen MR) is 127 cm³/mol. The summed E-state index contributed by atoms with van der Waals surface area (Å²) < 4.78 is 31.9. The number of urea groups is 1. The van der Waals surface area contributed by atoms with Gasteiger partial charge in [-0.05, 0) is 43.9 Å². The number of aromatic nitrogens is 1. The van der Waals surface area contributed by atoms with E-state index in [4.69, 9.17) is 4.74 Å². The molecule has 0 unspecified atom stereocenters. The number of amides is 2. The van der Waals surface area contributed by atoms with Crippen molar-refractivity contribution in [3.8, 4) is 5.75 Å². The molecule has 0 saturated carbocycles. The predicted octanol–water partition coefficient (Wildman–Crippen LogP) is 2.33. The van der Waals surface area contributed by atoms with Gasteiger partial charge < -0.3 is 25.0 Å². The zero-order chi connectivity index (χ0) is 23.8. The maximum atomic E-state index is 13.1. The fourth-order valence-corrected chi connectivity index (χ4v) is 6.44. The molecule has 0 radical (unpaired) electrons. The van der Waals surface area contributed by atoms with Crippen LogP contribution in [0.4, 0.5) is 4.79 Å². The molecule has 1 fully saturated rings. The largest absolute Gasteiger partial charge is 0.497 e. The first kappa shape index (κ1) is 23.8. The fourth-order valence-electron chi connectivity index (χ4n) is 5.34. The number of carbonyl (C=O) groups is 1. The van der Waals surface area contributed by atoms with Gasteiger partial charge in [0.15, 0.2) is 0 Å². The van der Waals surface area contributed by atoms with Gasteiger partial charge in [-0.25, -0.2) is 17.5 Å². The van der Waals surface area contributed by atoms with E-state index in [1.807, 2.05) is 25.1 Å². The molecule has 33 heavy (non-hydrogen) atoms. The Morgan fingerprint density at radius 3 is 2.64 bits per heavy atom. The highest BCUT2D eigenvalue weighted by Crippen LogP contribution is 2.49. The highest BCUT2D eigenvalue weighted by atomic mass is 32.2. The number of H-pyrrole nitrogens is 1. The van der Waals surface area contributed by atoms with Crippen molar-refractivity contribution in [1.29, 1.82) is 0 Å². The number of hydrogen-bond donors (Lipinski definition) is 3. The van der Waals surface area contributed by atoms with E-state index in [9.17, 15) is 18.3 Å². The van der Waals surface area contributed by atoms with Crippen LogP contribution in [-0.4, -0.2) is 79.4 Å². The Bertz CT molecular complexity index is 1120. The molecule has 1 saturated heterocycles. The number of hydrogen-bond acceptors (Lipinski definition) is 5. The standard InChI is InChI=1S/C23H34N4O5S/c1-4-10-24-22(29)27-15-23(8-11-26(12-9-23)33(30,31)5-2)20-17-7-6-16(32-3)13-18(17)25-21(20)19(27)14-28/h6-7,13,19,25,28H,4-5,8-12,14-15H2,1-3H3,(H,24,29)/t19-/m1/s1. The molecule has 182 valence electrons. The van der Waals surface area contributed by atoms with Crippen LogP contribution in [-0.2, 0) is 15.4 Å². The molecule has 10 heteroatoms. The minimum atomic E-state index is -3.27. The van der Waals surface area contributed by atoms with Gasteiger partial charge in [-0.2, -0.15) is 0 Å². The van der Waals surface area contributed by atoms with Crippen molar-refractivity contribution < 1.29 is 23.1 Å². The number of aliphatic hydroxyl groups excluding tert-OH is 1. The van der Waals surface area contributed by atoms with E-state index in [-0.39, 0.29) is 18.4 Å². The number of benzene rings is 1. The van der Waals surface area contributed by atoms with Crippen LogP contribution in [0.25, 0.3) is 10.9 Å². The summed E-state index contributed by atoms with van der Waals surface area (Å²) in [4.78, 5) is 18.3. The van der Waals surface area contributed by atoms with Gasteiger partial charge in [-0.1, -0.05) is 6.92 Å². The molecule has 1 atom stereocenters. The number of aliphatic hydroxyl groups is 1. The average molecular weight is 479 g/mol. The molecule has 1 spiro atoms. The molecular formula is C23H34N4O5S. The molecule has 0 bridgehead atoms. The zero-order valence-electron chi connectivity index (χ0n) is 19.6. The van der Waals surface area contributed by atoms with Crippen LogP contribution in [0.5, 0.6) is 5.75 Å². The molecule has 1 aromatic heterocycles. The highest BCUT2D eigenvalue weighted by molar-refractivity contribution is 7.89. The van der Waals surface area contributed by atoms with Crippen LogP contribution in [0.3, 0.4) is 0 Å². The topological polar surface area (TPSA) is 115 Å². The summed E-state index contributed by atoms with van der Waals surface area (Å²) in [7, 11) is -1.66. The minimum absolute atomic E-state index is 0.0796. The number of nitrogens with zero attached hydrogens (tertiary/aromatic N) is 2. The Balaban J connectivity index is 1.81. The second-order valence-corrected chi connectivity index (χ2v) is 11.2. The first-order valence-corrected chi connectivity index (χ1v) is 13.2. The van der Waals surface area contributed by atoms with E-state index in [0.29, 0.717) is 39.0 Å². The van der Waals surface area contributed by atoms with Gasteiger partial charge in [0.1, 0.15) is 5.75 Å². The maximum absolute atomic E-state index is 13.1. The summed E-state index contributed by atoms with van der Waals surface area (Å²) in [6.45, 7) is 5.26. The maximum Gasteiger partial charge on any atom is 0.318 e. The van der Waals surface area contributed by atoms with Crippen LogP contribution < -0.4 is 10.1 Å². The lowest BCUT2D eigenvalue weighted by atomic mass is 9.68. The van der Waals surface area contributed by atoms with Gasteiger partial charge in [0, 0.05) is 54.3 Å². The van der Waals surface area contributed by atoms with Crippen LogP contribution in [0.1, 0.15) is 50.4 Å². The molecule has 3 N–H and O–H groups in total. The first-order chi connectivity index (χ1) is 15.8. The lowest BCUT2D eigenvalue weighted by Crippen LogP contribution is -2.57. The third kappa shape index (κ3) is 4.08. The first-order valence-electron chi connectivity index (χ1n) is 11.6. The number of sulfonamides is 1. The molecular weight excluding hydrogens is 444 g/mol. The van der Waals surface area contributed by atoms with Crippen molar-refractivity contribution in [2.75, 3.05) is 45.6 Å². The Morgan fingerprint density at radius 1 is 1.30 bits per heavy atom. The lowest BCUT2D eigenvalue weighted by molar-refractivity contribution is 0.0802. The number of methoxy groups -OCH3 is 1. The number of piperidine rings is 1. The molecule has 4 rings (SSSR count). The molecule has 2 aliphatic rings. The smallest absolute Gasteiger partial charge is 0.318 e. The second kappa shape index (κ2) is 9.15. The summed E-state index contributed by atoms with van der Waals surface area (Å²) >= 11 is 0. The summed E-state index contributed by atoms with van der Waals surface area (Å²) in [5.74, 6) is 0.799. The third-order valence-electron chi connectivity index (χ3n) is 7.15. The summed E-state index contributed by atoms with van der Waals surface area (Å²) in [6, 6.07) is 5.14. The van der Waals surface area contributed by atoms with Crippen LogP contribution in [0.2, 0.25) is 0 Å². The quantitative estimate of drug-likeness (QED) is 0.590. The van der Waals surface area contributed by atoms with Gasteiger partial charge in [0.25, 0.3) is 0 Å². The molecule has 2 aliphatic heterocycles. The van der Waals surface area contributed by atoms with Crippen LogP contribution in [0.15, 0.2) is 18.2 Å². The van der Waals surface area contributed by atoms with Crippen molar-refractivity contribution in [3.05, 3.63) is 29.5 Å². The average Bonchev–Trinajstić information content (AvgIpc) is 3.22. The molecule has 0 aliphatic carbocycles. The summed E-state index contributed by atoms with van der Waals surface area (Å²) in [6.07, 6.45) is 2.03. The Hall–Kier alpha value is -2.30. The van der Waals surface area contributed by atoms with E-state index in [1.54, 1.807) is 23.2 Å². The minimum Gasteiger partial charge on any atom is -0.497 e. The van der Waals surface area contributed by atoms with Gasteiger partial charge >= 0.3 is 6.03 Å². The molecule has 2 amide bonds. The monoisotopic (exact) mass is 478 g/mol. The molecule has 2 aromatic rings. The van der Waals surface area contributed by atoms with Gasteiger partial charge in [0.05, 0.1) is 25.5 Å². The van der Waals surface area contributed by atoms with E-state index >= 15 is 0 Å². The molecule has 3 heterocycles. The number of fused-ring (bicyclic) bond motifs is 4. The van der Waals surface area contributed by atoms with Crippen LogP contribution >= 0.6 is 0 Å². The van der Waals surface area contributed by atoms with E-state index in [2.05, 4.69) is 10.3 Å². The number of rotatable bonds is 6. The normalized spacial score (nSPS) is 20.7. The lowest BCUT2D eigenvalue weighted by Gasteiger charge is -2.49. The number of aromatic amines is 1. The van der Waals surface area contributed by atoms with Crippen molar-refractivity contribution >= 4 is 27.0 Å². The number of ether oxygens (including phenoxy) is 1. The SMILES string of the molecule is CCCNC(=O)N1CC2(CCN(S(=O)(=O)CC)CC2)c2c([nH]c3cc(OC)ccc23)[C@H]1CO. The third-order valence-corrected chi connectivity index (χ3v) is 9.03. The van der Waals surface area contributed by atoms with Gasteiger partial charge in [-0.3, -0.25) is 0 Å². The van der Waals surface area contributed by atoms with E-state index in [1.165, 1.54) is 0 Å². The Labute approximate surface area is 195 Å². The van der Waals surface area contributed by atoms with Crippen molar-refractivity contribution in [1.82, 2.24) is 19.5 Å². The summed E-state index contributed by atoms with van der Waals surface area (Å²) in [5, 5.41) is 14.3. The highest BCUT2D eigenvalue weighted by Gasteiger charge is 2.49. The Morgan fingerprint density at radius 2 is 2.03 bits per heavy atom. The number of nitrogens with one attached hydrogen (secondary N) is 2. The Kier molecular flexibility index (Phi) is 6.61. The zero-order valence-corrected chi connectivity index (χ0v) is 20.4. The molecule has 1 aromatic carbocycles. The van der Waals surface area contributed by atoms with Crippen molar-refractivity contribution in [2.45, 2.75) is 44.6 Å². The number of carbonyl (C=O) groups excluding carboxylic acids is 1. The van der Waals surface area contributed by atoms with Gasteiger partial charge in [-0.15, -0.1) is 0 Å². The van der Waals surface area contributed by atoms with Crippen LogP contribution in [0, 0.1) is 0 Å². The van der Waals surface area contributed by atoms with E-state index < -0.39 is 21.5 Å². The summed E-state index contributed by atoms with van der Waals surface area (Å²) in [5.41, 5.74) is 2.39. The van der Waals surface area contributed by atoms with Crippen molar-refractivity contribution in [3.63, 3.8) is 0 Å². The second-order valence-electron chi connectivity index (χ2n) is 8.96. The molecule has 9 nitrogen and oxygen atoms in total. The van der Waals surface area contributed by atoms with Crippen molar-refractivity contribution in [2.24, 2.45) is 0 Å².